The molecule has 1 unspecified atom stereocenters. The molecular weight excluding hydrogens is 557 g/mol. The van der Waals surface area contributed by atoms with Gasteiger partial charge in [-0.05, 0) is 74.3 Å². The molecule has 0 bridgehead atoms. The zero-order valence-corrected chi connectivity index (χ0v) is 18.4. The van der Waals surface area contributed by atoms with Crippen molar-refractivity contribution in [3.05, 3.63) is 73.6 Å². The van der Waals surface area contributed by atoms with Gasteiger partial charge in [-0.25, -0.2) is 0 Å². The summed E-state index contributed by atoms with van der Waals surface area (Å²) in [5.74, 6) is 0. The van der Waals surface area contributed by atoms with Gasteiger partial charge in [-0.15, -0.1) is 0 Å². The Morgan fingerprint density at radius 3 is 2.00 bits per heavy atom. The van der Waals surface area contributed by atoms with E-state index in [1.807, 2.05) is 36.4 Å². The van der Waals surface area contributed by atoms with Crippen molar-refractivity contribution in [3.8, 4) is 4.90 Å². The molecule has 0 fully saturated rings. The largest absolute Gasteiger partial charge is 0.416 e. The number of benzene rings is 3. The molecule has 4 aromatic rings. The molecular formula is C19H9Br3F3S+. The van der Waals surface area contributed by atoms with E-state index in [-0.39, 0.29) is 0 Å². The molecule has 0 aliphatic rings. The van der Waals surface area contributed by atoms with Gasteiger partial charge in [-0.2, -0.15) is 13.2 Å². The standard InChI is InChI=1S/C19H9Br3F3S/c20-11-8-14(21)18(15(22)9-11)26-16-4-2-1-3-12(16)13-7-10(19(23,24)25)5-6-17(13)26/h1-9H/q+1. The van der Waals surface area contributed by atoms with E-state index in [4.69, 9.17) is 0 Å². The maximum Gasteiger partial charge on any atom is 0.416 e. The molecule has 0 spiro atoms. The van der Waals surface area contributed by atoms with E-state index >= 15 is 0 Å². The van der Waals surface area contributed by atoms with Crippen LogP contribution in [0, 0.1) is 0 Å². The maximum atomic E-state index is 13.2. The topological polar surface area (TPSA) is 0 Å². The Labute approximate surface area is 175 Å². The van der Waals surface area contributed by atoms with Crippen LogP contribution in [0.25, 0.3) is 25.1 Å². The van der Waals surface area contributed by atoms with Gasteiger partial charge in [-0.1, -0.05) is 28.1 Å². The molecule has 0 radical (unpaired) electrons. The van der Waals surface area contributed by atoms with Gasteiger partial charge < -0.3 is 0 Å². The van der Waals surface area contributed by atoms with Crippen LogP contribution in [0.1, 0.15) is 5.56 Å². The molecule has 1 heterocycles. The number of halogens is 6. The predicted molar refractivity (Wildman–Crippen MR) is 113 cm³/mol. The monoisotopic (exact) mass is 563 g/mol. The lowest BCUT2D eigenvalue weighted by Crippen LogP contribution is -2.03. The smallest absolute Gasteiger partial charge is 0.166 e. The third-order valence-corrected chi connectivity index (χ3v) is 8.76. The Hall–Kier alpha value is -0.890. The summed E-state index contributed by atoms with van der Waals surface area (Å²) in [4.78, 5) is 1.03. The number of hydrogen-bond acceptors (Lipinski definition) is 0. The van der Waals surface area contributed by atoms with E-state index in [0.29, 0.717) is 5.39 Å². The minimum absolute atomic E-state index is 0.489. The third kappa shape index (κ3) is 3.03. The highest BCUT2D eigenvalue weighted by molar-refractivity contribution is 9.11. The third-order valence-electron chi connectivity index (χ3n) is 4.09. The van der Waals surface area contributed by atoms with Gasteiger partial charge in [0, 0.05) is 25.7 Å². The SMILES string of the molecule is FC(F)(F)c1ccc2c(c1)c1ccccc1[s+]2-c1c(Br)cc(Br)cc1Br. The second-order valence-corrected chi connectivity index (χ2v) is 10.2. The Morgan fingerprint density at radius 2 is 1.35 bits per heavy atom. The van der Waals surface area contributed by atoms with Crippen LogP contribution >= 0.6 is 58.3 Å². The molecule has 0 aliphatic heterocycles. The van der Waals surface area contributed by atoms with Crippen molar-refractivity contribution in [1.82, 2.24) is 0 Å². The van der Waals surface area contributed by atoms with Gasteiger partial charge in [0.1, 0.15) is 0 Å². The number of alkyl halides is 3. The van der Waals surface area contributed by atoms with Gasteiger partial charge in [0.2, 0.25) is 4.90 Å². The van der Waals surface area contributed by atoms with Gasteiger partial charge in [0.05, 0.1) is 14.5 Å². The van der Waals surface area contributed by atoms with Crippen molar-refractivity contribution in [3.63, 3.8) is 0 Å². The lowest BCUT2D eigenvalue weighted by molar-refractivity contribution is -0.137. The second kappa shape index (κ2) is 6.62. The highest BCUT2D eigenvalue weighted by atomic mass is 79.9. The quantitative estimate of drug-likeness (QED) is 0.202. The molecule has 4 rings (SSSR count). The van der Waals surface area contributed by atoms with E-state index in [1.165, 1.54) is 12.1 Å². The Bertz CT molecular complexity index is 1140. The minimum atomic E-state index is -4.36. The zero-order valence-electron chi connectivity index (χ0n) is 12.9. The summed E-state index contributed by atoms with van der Waals surface area (Å²) in [5, 5.41) is 1.51. The molecule has 0 saturated heterocycles. The average Bonchev–Trinajstić information content (AvgIpc) is 2.88. The first kappa shape index (κ1) is 18.5. The molecule has 0 N–H and O–H groups in total. The fraction of sp³-hybridized carbons (Fsp3) is 0.0526. The van der Waals surface area contributed by atoms with Crippen LogP contribution in [0.2, 0.25) is 0 Å². The van der Waals surface area contributed by atoms with Crippen LogP contribution in [0.5, 0.6) is 0 Å². The van der Waals surface area contributed by atoms with Crippen molar-refractivity contribution in [2.75, 3.05) is 0 Å². The molecule has 26 heavy (non-hydrogen) atoms. The fourth-order valence-corrected chi connectivity index (χ4v) is 8.64. The van der Waals surface area contributed by atoms with Gasteiger partial charge >= 0.3 is 6.18 Å². The highest BCUT2D eigenvalue weighted by Crippen LogP contribution is 2.54. The first-order valence-electron chi connectivity index (χ1n) is 7.47. The summed E-state index contributed by atoms with van der Waals surface area (Å²) in [7, 11) is -0.489. The first-order valence-corrected chi connectivity index (χ1v) is 11.1. The van der Waals surface area contributed by atoms with E-state index in [0.717, 1.165) is 33.1 Å². The lowest BCUT2D eigenvalue weighted by atomic mass is 10.1. The lowest BCUT2D eigenvalue weighted by Gasteiger charge is -2.05. The summed E-state index contributed by atoms with van der Waals surface area (Å²) < 4.78 is 44.3. The van der Waals surface area contributed by atoms with E-state index in [9.17, 15) is 13.2 Å². The average molecular weight is 566 g/mol. The predicted octanol–water partition coefficient (Wildman–Crippen LogP) is 9.04. The van der Waals surface area contributed by atoms with Crippen LogP contribution in [0.15, 0.2) is 68.0 Å². The van der Waals surface area contributed by atoms with Gasteiger partial charge in [0.25, 0.3) is 0 Å². The summed E-state index contributed by atoms with van der Waals surface area (Å²) in [6.07, 6.45) is -4.36. The Kier molecular flexibility index (Phi) is 4.70. The van der Waals surface area contributed by atoms with E-state index < -0.39 is 22.2 Å². The molecule has 7 heteroatoms. The molecule has 0 aliphatic carbocycles. The van der Waals surface area contributed by atoms with Crippen molar-refractivity contribution in [2.24, 2.45) is 0 Å². The van der Waals surface area contributed by atoms with Crippen LogP contribution < -0.4 is 0 Å². The summed E-state index contributed by atoms with van der Waals surface area (Å²) in [6.45, 7) is 0. The molecule has 0 nitrogen and oxygen atoms in total. The van der Waals surface area contributed by atoms with Crippen molar-refractivity contribution < 1.29 is 13.2 Å². The van der Waals surface area contributed by atoms with Crippen molar-refractivity contribution in [1.29, 1.82) is 0 Å². The van der Waals surface area contributed by atoms with Crippen molar-refractivity contribution >= 4 is 78.4 Å². The number of hydrogen-bond donors (Lipinski definition) is 0. The molecule has 0 amide bonds. The van der Waals surface area contributed by atoms with Crippen LogP contribution in [-0.2, 0) is 6.18 Å². The maximum absolute atomic E-state index is 13.2. The van der Waals surface area contributed by atoms with Crippen LogP contribution in [-0.4, -0.2) is 0 Å². The van der Waals surface area contributed by atoms with Gasteiger partial charge in [-0.3, -0.25) is 0 Å². The normalized spacial score (nSPS) is 12.9. The summed E-state index contributed by atoms with van der Waals surface area (Å²) in [5.41, 5.74) is -0.620. The molecule has 1 atom stereocenters. The summed E-state index contributed by atoms with van der Waals surface area (Å²) in [6, 6.07) is 15.6. The number of fused-ring (bicyclic) bond motifs is 3. The van der Waals surface area contributed by atoms with Crippen LogP contribution in [0.3, 0.4) is 0 Å². The molecule has 3 aromatic carbocycles. The van der Waals surface area contributed by atoms with Crippen LogP contribution in [0.4, 0.5) is 13.2 Å². The molecule has 0 saturated carbocycles. The van der Waals surface area contributed by atoms with Gasteiger partial charge in [0.15, 0.2) is 9.40 Å². The highest BCUT2D eigenvalue weighted by Gasteiger charge is 2.34. The first-order chi connectivity index (χ1) is 12.3. The fourth-order valence-electron chi connectivity index (χ4n) is 3.02. The zero-order chi connectivity index (χ0) is 18.6. The Balaban J connectivity index is 2.16. The number of rotatable bonds is 1. The number of thiophene rings is 1. The van der Waals surface area contributed by atoms with E-state index in [2.05, 4.69) is 47.8 Å². The Morgan fingerprint density at radius 1 is 0.731 bits per heavy atom. The summed E-state index contributed by atoms with van der Waals surface area (Å²) >= 11 is 10.7. The second-order valence-electron chi connectivity index (χ2n) is 5.71. The van der Waals surface area contributed by atoms with E-state index in [1.54, 1.807) is 6.07 Å². The molecule has 132 valence electrons. The molecule has 1 aromatic heterocycles. The van der Waals surface area contributed by atoms with Crippen molar-refractivity contribution in [2.45, 2.75) is 6.18 Å². The minimum Gasteiger partial charge on any atom is -0.166 e.